The Hall–Kier alpha value is -2.36. The van der Waals surface area contributed by atoms with E-state index in [0.29, 0.717) is 13.1 Å². The monoisotopic (exact) mass is 254 g/mol. The molecular formula is C15H14N2O2. The van der Waals surface area contributed by atoms with Crippen LogP contribution in [0.5, 0.6) is 5.75 Å². The van der Waals surface area contributed by atoms with Gasteiger partial charge in [0.25, 0.3) is 5.91 Å². The fourth-order valence-corrected chi connectivity index (χ4v) is 2.31. The van der Waals surface area contributed by atoms with Crippen molar-refractivity contribution in [1.82, 2.24) is 9.88 Å². The van der Waals surface area contributed by atoms with E-state index in [1.54, 1.807) is 25.6 Å². The molecule has 0 radical (unpaired) electrons. The van der Waals surface area contributed by atoms with Crippen LogP contribution in [-0.4, -0.2) is 22.9 Å². The number of carbonyl (C=O) groups excluding carboxylic acids is 1. The zero-order valence-electron chi connectivity index (χ0n) is 10.7. The van der Waals surface area contributed by atoms with Crippen molar-refractivity contribution in [3.8, 4) is 5.75 Å². The molecule has 0 bridgehead atoms. The summed E-state index contributed by atoms with van der Waals surface area (Å²) in [5.41, 5.74) is 2.83. The molecule has 0 saturated heterocycles. The van der Waals surface area contributed by atoms with Crippen molar-refractivity contribution >= 4 is 5.91 Å². The lowest BCUT2D eigenvalue weighted by atomic mass is 10.1. The first-order chi connectivity index (χ1) is 9.28. The summed E-state index contributed by atoms with van der Waals surface area (Å²) in [7, 11) is 1.61. The van der Waals surface area contributed by atoms with E-state index in [2.05, 4.69) is 4.98 Å². The molecule has 1 aromatic carbocycles. The Labute approximate surface area is 111 Å². The van der Waals surface area contributed by atoms with Gasteiger partial charge in [0.05, 0.1) is 7.11 Å². The van der Waals surface area contributed by atoms with Crippen molar-refractivity contribution in [3.05, 3.63) is 59.4 Å². The third kappa shape index (κ3) is 2.17. The number of methoxy groups -OCH3 is 1. The van der Waals surface area contributed by atoms with Crippen LogP contribution < -0.4 is 4.74 Å². The minimum atomic E-state index is 0.0535. The number of rotatable bonds is 3. The lowest BCUT2D eigenvalue weighted by Gasteiger charge is -2.15. The van der Waals surface area contributed by atoms with Crippen LogP contribution in [0.4, 0.5) is 0 Å². The molecule has 2 aromatic rings. The molecule has 0 saturated carbocycles. The van der Waals surface area contributed by atoms with Crippen molar-refractivity contribution in [2.75, 3.05) is 7.11 Å². The molecule has 0 fully saturated rings. The van der Waals surface area contributed by atoms with E-state index in [1.165, 1.54) is 0 Å². The van der Waals surface area contributed by atoms with Crippen molar-refractivity contribution in [1.29, 1.82) is 0 Å². The Kier molecular flexibility index (Phi) is 2.91. The number of hydrogen-bond acceptors (Lipinski definition) is 3. The van der Waals surface area contributed by atoms with Gasteiger partial charge < -0.3 is 9.64 Å². The average Bonchev–Trinajstić information content (AvgIpc) is 2.76. The minimum absolute atomic E-state index is 0.0535. The van der Waals surface area contributed by atoms with Gasteiger partial charge >= 0.3 is 0 Å². The zero-order valence-corrected chi connectivity index (χ0v) is 10.7. The molecule has 0 spiro atoms. The van der Waals surface area contributed by atoms with Crippen LogP contribution in [0, 0.1) is 0 Å². The molecule has 0 unspecified atom stereocenters. The van der Waals surface area contributed by atoms with Gasteiger partial charge in [0.2, 0.25) is 0 Å². The molecule has 0 aliphatic carbocycles. The number of fused-ring (bicyclic) bond motifs is 1. The highest BCUT2D eigenvalue weighted by atomic mass is 16.5. The van der Waals surface area contributed by atoms with E-state index in [1.807, 2.05) is 29.2 Å². The molecule has 19 heavy (non-hydrogen) atoms. The third-order valence-corrected chi connectivity index (χ3v) is 3.29. The van der Waals surface area contributed by atoms with Crippen LogP contribution in [0.1, 0.15) is 21.5 Å². The van der Waals surface area contributed by atoms with Crippen LogP contribution >= 0.6 is 0 Å². The molecule has 2 heterocycles. The fourth-order valence-electron chi connectivity index (χ4n) is 2.31. The molecule has 0 atom stereocenters. The Morgan fingerprint density at radius 3 is 3.00 bits per heavy atom. The first-order valence-corrected chi connectivity index (χ1v) is 6.13. The molecular weight excluding hydrogens is 240 g/mol. The fraction of sp³-hybridized carbons (Fsp3) is 0.200. The standard InChI is InChI=1S/C15H14N2O2/c1-19-13-5-4-12-10-17(15(18)14(12)7-13)9-11-3-2-6-16-8-11/h2-8H,9-10H2,1H3. The van der Waals surface area contributed by atoms with Gasteiger partial charge in [0.15, 0.2) is 0 Å². The summed E-state index contributed by atoms with van der Waals surface area (Å²) in [4.78, 5) is 18.2. The van der Waals surface area contributed by atoms with Gasteiger partial charge in [-0.15, -0.1) is 0 Å². The summed E-state index contributed by atoms with van der Waals surface area (Å²) in [6.45, 7) is 1.23. The van der Waals surface area contributed by atoms with E-state index in [-0.39, 0.29) is 5.91 Å². The molecule has 1 aliphatic heterocycles. The first-order valence-electron chi connectivity index (χ1n) is 6.13. The maximum atomic E-state index is 12.3. The lowest BCUT2D eigenvalue weighted by molar-refractivity contribution is 0.0766. The van der Waals surface area contributed by atoms with Crippen molar-refractivity contribution in [3.63, 3.8) is 0 Å². The van der Waals surface area contributed by atoms with Crippen LogP contribution in [-0.2, 0) is 13.1 Å². The van der Waals surface area contributed by atoms with Crippen LogP contribution in [0.25, 0.3) is 0 Å². The second-order valence-electron chi connectivity index (χ2n) is 4.55. The van der Waals surface area contributed by atoms with Gasteiger partial charge in [0, 0.05) is 31.0 Å². The van der Waals surface area contributed by atoms with Gasteiger partial charge in [-0.3, -0.25) is 9.78 Å². The van der Waals surface area contributed by atoms with Gasteiger partial charge in [-0.2, -0.15) is 0 Å². The molecule has 3 rings (SSSR count). The number of hydrogen-bond donors (Lipinski definition) is 0. The Balaban J connectivity index is 1.83. The molecule has 0 N–H and O–H groups in total. The van der Waals surface area contributed by atoms with Gasteiger partial charge in [-0.1, -0.05) is 12.1 Å². The van der Waals surface area contributed by atoms with Gasteiger partial charge in [0.1, 0.15) is 5.75 Å². The van der Waals surface area contributed by atoms with Crippen LogP contribution in [0.2, 0.25) is 0 Å². The number of ether oxygens (including phenoxy) is 1. The summed E-state index contributed by atoms with van der Waals surface area (Å²) >= 11 is 0. The van der Waals surface area contributed by atoms with E-state index in [4.69, 9.17) is 4.74 Å². The second-order valence-corrected chi connectivity index (χ2v) is 4.55. The quantitative estimate of drug-likeness (QED) is 0.843. The summed E-state index contributed by atoms with van der Waals surface area (Å²) in [5.74, 6) is 0.771. The molecule has 96 valence electrons. The Morgan fingerprint density at radius 2 is 2.26 bits per heavy atom. The summed E-state index contributed by atoms with van der Waals surface area (Å²) in [5, 5.41) is 0. The number of pyridine rings is 1. The van der Waals surface area contributed by atoms with E-state index < -0.39 is 0 Å². The number of nitrogens with zero attached hydrogens (tertiary/aromatic N) is 2. The van der Waals surface area contributed by atoms with E-state index in [0.717, 1.165) is 22.4 Å². The van der Waals surface area contributed by atoms with E-state index in [9.17, 15) is 4.79 Å². The summed E-state index contributed by atoms with van der Waals surface area (Å²) < 4.78 is 5.16. The highest BCUT2D eigenvalue weighted by molar-refractivity contribution is 5.98. The SMILES string of the molecule is COc1ccc2c(c1)C(=O)N(Cc1cccnc1)C2. The van der Waals surface area contributed by atoms with Gasteiger partial charge in [-0.25, -0.2) is 0 Å². The molecule has 4 heteroatoms. The van der Waals surface area contributed by atoms with Crippen molar-refractivity contribution in [2.24, 2.45) is 0 Å². The van der Waals surface area contributed by atoms with Crippen molar-refractivity contribution < 1.29 is 9.53 Å². The lowest BCUT2D eigenvalue weighted by Crippen LogP contribution is -2.23. The zero-order chi connectivity index (χ0) is 13.2. The molecule has 4 nitrogen and oxygen atoms in total. The highest BCUT2D eigenvalue weighted by Crippen LogP contribution is 2.27. The topological polar surface area (TPSA) is 42.4 Å². The van der Waals surface area contributed by atoms with Crippen LogP contribution in [0.15, 0.2) is 42.7 Å². The number of benzene rings is 1. The maximum absolute atomic E-state index is 12.3. The smallest absolute Gasteiger partial charge is 0.254 e. The summed E-state index contributed by atoms with van der Waals surface area (Å²) in [6.07, 6.45) is 3.52. The number of amides is 1. The predicted octanol–water partition coefficient (Wildman–Crippen LogP) is 2.25. The molecule has 1 aliphatic rings. The molecule has 1 aromatic heterocycles. The minimum Gasteiger partial charge on any atom is -0.497 e. The second kappa shape index (κ2) is 4.72. The Morgan fingerprint density at radius 1 is 1.37 bits per heavy atom. The largest absolute Gasteiger partial charge is 0.497 e. The normalized spacial score (nSPS) is 13.5. The molecule has 1 amide bonds. The Bertz CT molecular complexity index is 611. The number of carbonyl (C=O) groups is 1. The predicted molar refractivity (Wildman–Crippen MR) is 70.8 cm³/mol. The highest BCUT2D eigenvalue weighted by Gasteiger charge is 2.27. The average molecular weight is 254 g/mol. The van der Waals surface area contributed by atoms with Crippen LogP contribution in [0.3, 0.4) is 0 Å². The van der Waals surface area contributed by atoms with E-state index >= 15 is 0 Å². The summed E-state index contributed by atoms with van der Waals surface area (Å²) in [6, 6.07) is 9.51. The van der Waals surface area contributed by atoms with Gasteiger partial charge in [-0.05, 0) is 29.3 Å². The number of aromatic nitrogens is 1. The third-order valence-electron chi connectivity index (χ3n) is 3.29. The van der Waals surface area contributed by atoms with Crippen molar-refractivity contribution in [2.45, 2.75) is 13.1 Å². The maximum Gasteiger partial charge on any atom is 0.254 e. The first kappa shape index (κ1) is 11.7.